The number of hydrogen-bond donors (Lipinski definition) is 2. The number of fused-ring (bicyclic) bond motifs is 1. The Morgan fingerprint density at radius 1 is 1.17 bits per heavy atom. The van der Waals surface area contributed by atoms with E-state index in [0.29, 0.717) is 34.5 Å². The first-order chi connectivity index (χ1) is 16.6. The number of aromatic nitrogens is 1. The van der Waals surface area contributed by atoms with Gasteiger partial charge in [-0.3, -0.25) is 9.59 Å². The molecule has 0 aliphatic rings. The highest BCUT2D eigenvalue weighted by molar-refractivity contribution is 7.22. The zero-order valence-corrected chi connectivity index (χ0v) is 19.9. The van der Waals surface area contributed by atoms with Gasteiger partial charge in [0.15, 0.2) is 5.13 Å². The highest BCUT2D eigenvalue weighted by atomic mass is 32.1. The summed E-state index contributed by atoms with van der Waals surface area (Å²) in [5.74, 6) is -0.678. The summed E-state index contributed by atoms with van der Waals surface area (Å²) in [6.45, 7) is -0.0311. The number of nitrogens with zero attached hydrogens (tertiary/aromatic N) is 2. The lowest BCUT2D eigenvalue weighted by molar-refractivity contribution is -0.274. The first-order valence-electron chi connectivity index (χ1n) is 10.4. The quantitative estimate of drug-likeness (QED) is 0.427. The molecular formula is C23H25F3N4O4S. The van der Waals surface area contributed by atoms with Gasteiger partial charge in [0, 0.05) is 26.6 Å². The molecule has 1 heterocycles. The molecule has 0 radical (unpaired) electrons. The van der Waals surface area contributed by atoms with E-state index in [0.717, 1.165) is 5.56 Å². The Hall–Kier alpha value is -3.67. The van der Waals surface area contributed by atoms with E-state index in [9.17, 15) is 27.6 Å². The summed E-state index contributed by atoms with van der Waals surface area (Å²) in [4.78, 5) is 38.7. The van der Waals surface area contributed by atoms with E-state index in [4.69, 9.17) is 0 Å². The maximum absolute atomic E-state index is 12.0. The highest BCUT2D eigenvalue weighted by Gasteiger charge is 2.31. The molecule has 2 amide bonds. The normalized spacial score (nSPS) is 10.7. The molecule has 0 bridgehead atoms. The highest BCUT2D eigenvalue weighted by Crippen LogP contribution is 2.31. The molecule has 0 saturated carbocycles. The van der Waals surface area contributed by atoms with Crippen LogP contribution in [0.15, 0.2) is 48.5 Å². The van der Waals surface area contributed by atoms with Crippen molar-refractivity contribution in [1.29, 1.82) is 0 Å². The smallest absolute Gasteiger partial charge is 0.406 e. The molecule has 2 aromatic carbocycles. The Bertz CT molecular complexity index is 1120. The number of amides is 2. The lowest BCUT2D eigenvalue weighted by Gasteiger charge is -2.13. The van der Waals surface area contributed by atoms with E-state index >= 15 is 0 Å². The average Bonchev–Trinajstić information content (AvgIpc) is 3.24. The van der Waals surface area contributed by atoms with E-state index < -0.39 is 6.36 Å². The van der Waals surface area contributed by atoms with Crippen LogP contribution in [-0.2, 0) is 20.8 Å². The molecule has 0 aliphatic carbocycles. The van der Waals surface area contributed by atoms with Gasteiger partial charge < -0.3 is 25.1 Å². The van der Waals surface area contributed by atoms with Crippen LogP contribution in [0.25, 0.3) is 10.2 Å². The molecule has 35 heavy (non-hydrogen) atoms. The van der Waals surface area contributed by atoms with Crippen LogP contribution in [0.2, 0.25) is 0 Å². The second-order valence-electron chi connectivity index (χ2n) is 7.15. The van der Waals surface area contributed by atoms with Crippen LogP contribution >= 0.6 is 11.3 Å². The zero-order valence-electron chi connectivity index (χ0n) is 19.1. The Morgan fingerprint density at radius 2 is 1.89 bits per heavy atom. The van der Waals surface area contributed by atoms with Crippen molar-refractivity contribution in [2.75, 3.05) is 32.5 Å². The number of benzene rings is 2. The van der Waals surface area contributed by atoms with Crippen molar-refractivity contribution in [2.24, 2.45) is 0 Å². The summed E-state index contributed by atoms with van der Waals surface area (Å²) in [6.07, 6.45) is -3.03. The van der Waals surface area contributed by atoms with Crippen molar-refractivity contribution in [2.45, 2.75) is 19.2 Å². The van der Waals surface area contributed by atoms with Gasteiger partial charge in [0.1, 0.15) is 12.0 Å². The van der Waals surface area contributed by atoms with Gasteiger partial charge in [0.25, 0.3) is 0 Å². The van der Waals surface area contributed by atoms with Gasteiger partial charge in [-0.2, -0.15) is 0 Å². The number of carbonyl (C=O) groups excluding carboxylic acids is 3. The first-order valence-corrected chi connectivity index (χ1v) is 11.2. The fourth-order valence-electron chi connectivity index (χ4n) is 2.72. The number of anilines is 1. The minimum Gasteiger partial charge on any atom is -0.406 e. The lowest BCUT2D eigenvalue weighted by Crippen LogP contribution is -2.38. The fraction of sp³-hybridized carbons (Fsp3) is 0.304. The number of thiazole rings is 1. The van der Waals surface area contributed by atoms with Crippen molar-refractivity contribution in [1.82, 2.24) is 15.2 Å². The van der Waals surface area contributed by atoms with Gasteiger partial charge >= 0.3 is 6.36 Å². The molecule has 12 heteroatoms. The topological polar surface area (TPSA) is 101 Å². The molecule has 8 nitrogen and oxygen atoms in total. The third-order valence-corrected chi connectivity index (χ3v) is 5.54. The lowest BCUT2D eigenvalue weighted by atomic mass is 10.1. The van der Waals surface area contributed by atoms with Gasteiger partial charge in [-0.15, -0.1) is 13.2 Å². The van der Waals surface area contributed by atoms with E-state index in [-0.39, 0.29) is 30.7 Å². The number of rotatable bonds is 9. The summed E-state index contributed by atoms with van der Waals surface area (Å²) < 4.78 is 40.4. The number of alkyl halides is 3. The summed E-state index contributed by atoms with van der Waals surface area (Å²) >= 11 is 1.27. The van der Waals surface area contributed by atoms with E-state index in [1.165, 1.54) is 41.5 Å². The van der Waals surface area contributed by atoms with Gasteiger partial charge in [-0.05, 0) is 24.1 Å². The second kappa shape index (κ2) is 13.3. The van der Waals surface area contributed by atoms with Crippen molar-refractivity contribution >= 4 is 44.8 Å². The van der Waals surface area contributed by atoms with E-state index in [1.807, 2.05) is 30.3 Å². The zero-order chi connectivity index (χ0) is 25.8. The summed E-state index contributed by atoms with van der Waals surface area (Å²) in [7, 11) is 3.22. The number of aryl methyl sites for hydroxylation is 1. The van der Waals surface area contributed by atoms with Gasteiger partial charge in [-0.25, -0.2) is 4.98 Å². The van der Waals surface area contributed by atoms with Crippen LogP contribution in [0.1, 0.15) is 12.0 Å². The Morgan fingerprint density at radius 3 is 2.51 bits per heavy atom. The van der Waals surface area contributed by atoms with Crippen LogP contribution in [0.3, 0.4) is 0 Å². The molecule has 3 rings (SSSR count). The third kappa shape index (κ3) is 10.0. The van der Waals surface area contributed by atoms with Crippen LogP contribution in [0, 0.1) is 0 Å². The molecule has 0 aliphatic heterocycles. The molecular weight excluding hydrogens is 485 g/mol. The molecule has 0 atom stereocenters. The third-order valence-electron chi connectivity index (χ3n) is 4.50. The number of halogens is 3. The number of likely N-dealkylation sites (N-methyl/N-ethyl adjacent to an activating group) is 1. The molecule has 0 unspecified atom stereocenters. The van der Waals surface area contributed by atoms with E-state index in [1.54, 1.807) is 7.05 Å². The predicted octanol–water partition coefficient (Wildman–Crippen LogP) is 3.63. The second-order valence-corrected chi connectivity index (χ2v) is 8.18. The minimum absolute atomic E-state index is 0.0404. The first kappa shape index (κ1) is 27.6. The number of carbonyl (C=O) groups is 3. The summed E-state index contributed by atoms with van der Waals surface area (Å²) in [6, 6.07) is 13.7. The predicted molar refractivity (Wildman–Crippen MR) is 127 cm³/mol. The van der Waals surface area contributed by atoms with Crippen molar-refractivity contribution < 1.29 is 32.3 Å². The number of ether oxygens (including phenoxy) is 1. The monoisotopic (exact) mass is 510 g/mol. The molecule has 0 spiro atoms. The fourth-order valence-corrected chi connectivity index (χ4v) is 3.57. The number of hydrogen-bond acceptors (Lipinski definition) is 7. The molecule has 1 aromatic heterocycles. The molecule has 0 saturated heterocycles. The maximum Gasteiger partial charge on any atom is 0.573 e. The maximum atomic E-state index is 12.0. The van der Waals surface area contributed by atoms with Crippen molar-refractivity contribution in [3.63, 3.8) is 0 Å². The largest absolute Gasteiger partial charge is 0.573 e. The number of nitrogens with one attached hydrogen (secondary N) is 2. The minimum atomic E-state index is -4.66. The Labute approximate surface area is 204 Å². The van der Waals surface area contributed by atoms with Crippen LogP contribution < -0.4 is 15.4 Å². The van der Waals surface area contributed by atoms with Crippen LogP contribution in [0.4, 0.5) is 18.3 Å². The van der Waals surface area contributed by atoms with Crippen molar-refractivity contribution in [3.05, 3.63) is 54.1 Å². The van der Waals surface area contributed by atoms with Gasteiger partial charge in [0.2, 0.25) is 11.8 Å². The summed E-state index contributed by atoms with van der Waals surface area (Å²) in [5, 5.41) is 6.03. The average molecular weight is 511 g/mol. The molecule has 0 fully saturated rings. The van der Waals surface area contributed by atoms with Crippen LogP contribution in [-0.4, -0.2) is 61.5 Å². The Kier molecular flexibility index (Phi) is 10.5. The van der Waals surface area contributed by atoms with Gasteiger partial charge in [-0.1, -0.05) is 41.7 Å². The molecule has 188 valence electrons. The van der Waals surface area contributed by atoms with Gasteiger partial charge in [0.05, 0.1) is 23.3 Å². The number of aldehydes is 1. The summed E-state index contributed by atoms with van der Waals surface area (Å²) in [5.41, 5.74) is 1.73. The molecule has 2 N–H and O–H groups in total. The Balaban J connectivity index is 0.000000250. The SMILES string of the molecule is CN(CC=O)C(=O)CNC(=O)CCc1ccccc1.CNc1nc2ccc(OC(F)(F)F)cc2s1. The molecule has 3 aromatic rings. The standard InChI is InChI=1S/C14H18N2O3.C9H7F3N2OS/c1-16(9-10-17)14(19)11-15-13(18)8-7-12-5-3-2-4-6-12;1-13-8-14-6-3-2-5(4-7(6)16-8)15-9(10,11)12/h2-6,10H,7-9,11H2,1H3,(H,15,18);2-4H,1H3,(H,13,14). The van der Waals surface area contributed by atoms with E-state index in [2.05, 4.69) is 20.4 Å². The van der Waals surface area contributed by atoms with Crippen molar-refractivity contribution in [3.8, 4) is 5.75 Å². The van der Waals surface area contributed by atoms with Crippen LogP contribution in [0.5, 0.6) is 5.75 Å².